The van der Waals surface area contributed by atoms with Crippen molar-refractivity contribution in [2.24, 2.45) is 11.8 Å². The molecular weight excluding hydrogens is 359 g/mol. The number of phosphoric acid groups is 1. The van der Waals surface area contributed by atoms with Gasteiger partial charge in [0.2, 0.25) is 0 Å². The number of esters is 2. The lowest BCUT2D eigenvalue weighted by atomic mass is 10.2. The van der Waals surface area contributed by atoms with Gasteiger partial charge in [0.25, 0.3) is 0 Å². The second-order valence-corrected chi connectivity index (χ2v) is 7.35. The first kappa shape index (κ1) is 24.0. The third-order valence-electron chi connectivity index (χ3n) is 2.70. The molecule has 0 radical (unpaired) electrons. The van der Waals surface area contributed by atoms with E-state index >= 15 is 0 Å². The molecule has 3 unspecified atom stereocenters. The molecule has 3 N–H and O–H groups in total. The minimum absolute atomic E-state index is 0.352. The van der Waals surface area contributed by atoms with Gasteiger partial charge >= 0.3 is 19.8 Å². The Morgan fingerprint density at radius 3 is 1.96 bits per heavy atom. The Kier molecular flexibility index (Phi) is 11.1. The predicted octanol–water partition coefficient (Wildman–Crippen LogP) is 0.240. The van der Waals surface area contributed by atoms with E-state index in [-0.39, 0.29) is 6.61 Å². The molecule has 10 nitrogen and oxygen atoms in total. The summed E-state index contributed by atoms with van der Waals surface area (Å²) in [5, 5.41) is 17.7. The fourth-order valence-corrected chi connectivity index (χ4v) is 2.00. The van der Waals surface area contributed by atoms with Gasteiger partial charge in [-0.15, -0.1) is 0 Å². The summed E-state index contributed by atoms with van der Waals surface area (Å²) >= 11 is 0. The second-order valence-electron chi connectivity index (χ2n) is 5.89. The van der Waals surface area contributed by atoms with E-state index in [2.05, 4.69) is 9.05 Å². The quantitative estimate of drug-likeness (QED) is 0.314. The monoisotopic (exact) mass is 386 g/mol. The number of ether oxygens (including phenoxy) is 2. The molecule has 0 saturated carbocycles. The van der Waals surface area contributed by atoms with Crippen molar-refractivity contribution in [3.8, 4) is 0 Å². The van der Waals surface area contributed by atoms with Crippen LogP contribution in [0.25, 0.3) is 0 Å². The van der Waals surface area contributed by atoms with E-state index < -0.39 is 63.6 Å². The molecule has 3 atom stereocenters. The molecule has 25 heavy (non-hydrogen) atoms. The standard InChI is InChI=1S/C14H27O10P/c1-9(2)13(17)21-7-12(24-14(18)10(3)4)8-23-25(19,20)22-6-11(16)5-15/h9-12,15-16H,5-8H2,1-4H3,(H,19,20). The highest BCUT2D eigenvalue weighted by molar-refractivity contribution is 7.47. The Balaban J connectivity index is 4.66. The lowest BCUT2D eigenvalue weighted by Gasteiger charge is -2.21. The van der Waals surface area contributed by atoms with Crippen LogP contribution < -0.4 is 0 Å². The van der Waals surface area contributed by atoms with E-state index in [1.54, 1.807) is 27.7 Å². The summed E-state index contributed by atoms with van der Waals surface area (Å²) in [6.07, 6.45) is -2.45. The van der Waals surface area contributed by atoms with Crippen molar-refractivity contribution < 1.29 is 47.8 Å². The number of hydrogen-bond donors (Lipinski definition) is 3. The van der Waals surface area contributed by atoms with E-state index in [1.165, 1.54) is 0 Å². The largest absolute Gasteiger partial charge is 0.472 e. The zero-order valence-corrected chi connectivity index (χ0v) is 15.7. The smallest absolute Gasteiger partial charge is 0.461 e. The van der Waals surface area contributed by atoms with Crippen LogP contribution in [0.15, 0.2) is 0 Å². The van der Waals surface area contributed by atoms with Crippen LogP contribution in [0.2, 0.25) is 0 Å². The highest BCUT2D eigenvalue weighted by Crippen LogP contribution is 2.43. The molecule has 0 rings (SSSR count). The Morgan fingerprint density at radius 1 is 0.960 bits per heavy atom. The minimum atomic E-state index is -4.55. The van der Waals surface area contributed by atoms with Gasteiger partial charge in [-0.3, -0.25) is 18.6 Å². The predicted molar refractivity (Wildman–Crippen MR) is 85.3 cm³/mol. The molecule has 148 valence electrons. The fraction of sp³-hybridized carbons (Fsp3) is 0.857. The molecule has 0 heterocycles. The highest BCUT2D eigenvalue weighted by Gasteiger charge is 2.27. The number of phosphoric ester groups is 1. The number of carbonyl (C=O) groups is 2. The number of carbonyl (C=O) groups excluding carboxylic acids is 2. The van der Waals surface area contributed by atoms with Crippen molar-refractivity contribution in [3.05, 3.63) is 0 Å². The summed E-state index contributed by atoms with van der Waals surface area (Å²) in [4.78, 5) is 32.6. The molecular formula is C14H27O10P. The number of aliphatic hydroxyl groups excluding tert-OH is 2. The van der Waals surface area contributed by atoms with Crippen molar-refractivity contribution >= 4 is 19.8 Å². The van der Waals surface area contributed by atoms with Crippen LogP contribution in [0.3, 0.4) is 0 Å². The van der Waals surface area contributed by atoms with Gasteiger partial charge in [-0.25, -0.2) is 4.57 Å². The molecule has 0 spiro atoms. The van der Waals surface area contributed by atoms with Gasteiger partial charge in [-0.05, 0) is 0 Å². The highest BCUT2D eigenvalue weighted by atomic mass is 31.2. The number of aliphatic hydroxyl groups is 2. The van der Waals surface area contributed by atoms with E-state index in [1.807, 2.05) is 0 Å². The Morgan fingerprint density at radius 2 is 1.48 bits per heavy atom. The molecule has 0 aromatic carbocycles. The van der Waals surface area contributed by atoms with Gasteiger partial charge in [-0.1, -0.05) is 27.7 Å². The summed E-state index contributed by atoms with van der Waals surface area (Å²) in [5.74, 6) is -1.98. The van der Waals surface area contributed by atoms with Crippen LogP contribution in [-0.4, -0.2) is 65.7 Å². The van der Waals surface area contributed by atoms with Gasteiger partial charge in [-0.2, -0.15) is 0 Å². The van der Waals surface area contributed by atoms with Crippen molar-refractivity contribution in [1.29, 1.82) is 0 Å². The summed E-state index contributed by atoms with van der Waals surface area (Å²) in [7, 11) is -4.55. The molecule has 0 aliphatic carbocycles. The minimum Gasteiger partial charge on any atom is -0.461 e. The molecule has 0 amide bonds. The van der Waals surface area contributed by atoms with Gasteiger partial charge < -0.3 is 24.6 Å². The van der Waals surface area contributed by atoms with Crippen LogP contribution in [0.5, 0.6) is 0 Å². The number of rotatable bonds is 12. The topological polar surface area (TPSA) is 149 Å². The van der Waals surface area contributed by atoms with Crippen LogP contribution >= 0.6 is 7.82 Å². The SMILES string of the molecule is CC(C)C(=O)OCC(COP(=O)(O)OCC(O)CO)OC(=O)C(C)C. The lowest BCUT2D eigenvalue weighted by Crippen LogP contribution is -2.32. The van der Waals surface area contributed by atoms with Crippen molar-refractivity contribution in [1.82, 2.24) is 0 Å². The van der Waals surface area contributed by atoms with Gasteiger partial charge in [0.1, 0.15) is 12.7 Å². The van der Waals surface area contributed by atoms with Crippen molar-refractivity contribution in [3.63, 3.8) is 0 Å². The summed E-state index contributed by atoms with van der Waals surface area (Å²) in [5.41, 5.74) is 0. The third kappa shape index (κ3) is 11.2. The average molecular weight is 386 g/mol. The molecule has 0 aromatic rings. The van der Waals surface area contributed by atoms with Crippen LogP contribution in [0, 0.1) is 11.8 Å². The molecule has 0 saturated heterocycles. The zero-order valence-electron chi connectivity index (χ0n) is 14.8. The van der Waals surface area contributed by atoms with E-state index in [4.69, 9.17) is 19.7 Å². The Bertz CT molecular complexity index is 465. The maximum absolute atomic E-state index is 11.7. The molecule has 0 aliphatic rings. The molecule has 0 bridgehead atoms. The summed E-state index contributed by atoms with van der Waals surface area (Å²) in [6, 6.07) is 0. The van der Waals surface area contributed by atoms with Crippen LogP contribution in [0.4, 0.5) is 0 Å². The first-order chi connectivity index (χ1) is 11.5. The van der Waals surface area contributed by atoms with Crippen molar-refractivity contribution in [2.45, 2.75) is 39.9 Å². The van der Waals surface area contributed by atoms with Gasteiger partial charge in [0.05, 0.1) is 31.7 Å². The maximum Gasteiger partial charge on any atom is 0.472 e. The summed E-state index contributed by atoms with van der Waals surface area (Å²) < 4.78 is 30.9. The lowest BCUT2D eigenvalue weighted by molar-refractivity contribution is -0.165. The Labute approximate surface area is 146 Å². The maximum atomic E-state index is 11.7. The summed E-state index contributed by atoms with van der Waals surface area (Å²) in [6.45, 7) is 4.24. The normalized spacial score (nSPS) is 16.4. The number of hydrogen-bond acceptors (Lipinski definition) is 9. The molecule has 0 aliphatic heterocycles. The van der Waals surface area contributed by atoms with Crippen LogP contribution in [-0.2, 0) is 32.7 Å². The van der Waals surface area contributed by atoms with E-state index in [9.17, 15) is 19.0 Å². The van der Waals surface area contributed by atoms with E-state index in [0.717, 1.165) is 0 Å². The fourth-order valence-electron chi connectivity index (χ4n) is 1.21. The first-order valence-electron chi connectivity index (χ1n) is 7.76. The first-order valence-corrected chi connectivity index (χ1v) is 9.26. The zero-order chi connectivity index (χ0) is 19.6. The Hall–Kier alpha value is -1.03. The van der Waals surface area contributed by atoms with Gasteiger partial charge in [0.15, 0.2) is 6.10 Å². The molecule has 0 aromatic heterocycles. The average Bonchev–Trinajstić information content (AvgIpc) is 2.54. The molecule has 0 fully saturated rings. The van der Waals surface area contributed by atoms with Crippen LogP contribution in [0.1, 0.15) is 27.7 Å². The van der Waals surface area contributed by atoms with Gasteiger partial charge in [0, 0.05) is 0 Å². The molecule has 11 heteroatoms. The van der Waals surface area contributed by atoms with E-state index in [0.29, 0.717) is 0 Å². The van der Waals surface area contributed by atoms with Crippen molar-refractivity contribution in [2.75, 3.05) is 26.4 Å². The third-order valence-corrected chi connectivity index (χ3v) is 3.65. The second kappa shape index (κ2) is 11.6.